The number of halogens is 1. The number of hydrogen-bond donors (Lipinski definition) is 1. The van der Waals surface area contributed by atoms with Crippen LogP contribution < -0.4 is 5.32 Å². The van der Waals surface area contributed by atoms with Crippen molar-refractivity contribution < 1.29 is 23.2 Å². The Morgan fingerprint density at radius 1 is 1.03 bits per heavy atom. The third-order valence-electron chi connectivity index (χ3n) is 7.81. The van der Waals surface area contributed by atoms with E-state index in [1.807, 2.05) is 58.0 Å². The highest BCUT2D eigenvalue weighted by atomic mass is 19.1. The fourth-order valence-electron chi connectivity index (χ4n) is 4.93. The van der Waals surface area contributed by atoms with E-state index >= 15 is 0 Å². The summed E-state index contributed by atoms with van der Waals surface area (Å²) in [6.07, 6.45) is 0.988. The van der Waals surface area contributed by atoms with Gasteiger partial charge in [-0.2, -0.15) is 5.26 Å². The third kappa shape index (κ3) is 5.20. The zero-order valence-corrected chi connectivity index (χ0v) is 22.5. The van der Waals surface area contributed by atoms with Crippen LogP contribution in [0.5, 0.6) is 0 Å². The van der Waals surface area contributed by atoms with E-state index in [4.69, 9.17) is 19.3 Å². The standard InChI is InChI=1S/C31H30BFN2O4/c1-30(2)31(3,4)39-32(38-30)22(16-21-14-13-20(17-34)15-28(21)33)18-35-29(36)37-19-27-25-11-7-5-9-23(25)24-10-6-8-12-26(24)27/h5-16,27H,18-19H2,1-4H3,(H,35,36). The van der Waals surface area contributed by atoms with Gasteiger partial charge in [-0.25, -0.2) is 9.18 Å². The topological polar surface area (TPSA) is 80.6 Å². The lowest BCUT2D eigenvalue weighted by atomic mass is 9.77. The molecule has 3 aromatic rings. The maximum Gasteiger partial charge on any atom is 0.492 e. The van der Waals surface area contributed by atoms with Gasteiger partial charge in [-0.1, -0.05) is 60.7 Å². The number of nitrogens with zero attached hydrogens (tertiary/aromatic N) is 1. The lowest BCUT2D eigenvalue weighted by molar-refractivity contribution is 0.00578. The van der Waals surface area contributed by atoms with Gasteiger partial charge in [0.05, 0.1) is 22.8 Å². The minimum absolute atomic E-state index is 0.0208. The van der Waals surface area contributed by atoms with Crippen LogP contribution in [0.3, 0.4) is 0 Å². The number of alkyl carbamates (subject to hydrolysis) is 1. The number of fused-ring (bicyclic) bond motifs is 3. The zero-order chi connectivity index (χ0) is 27.8. The Hall–Kier alpha value is -3.93. The molecule has 0 aromatic heterocycles. The van der Waals surface area contributed by atoms with Gasteiger partial charge >= 0.3 is 13.2 Å². The molecule has 1 aliphatic carbocycles. The van der Waals surface area contributed by atoms with Gasteiger partial charge in [0, 0.05) is 18.0 Å². The summed E-state index contributed by atoms with van der Waals surface area (Å²) in [5, 5.41) is 11.9. The first-order valence-corrected chi connectivity index (χ1v) is 12.9. The molecule has 1 saturated heterocycles. The quantitative estimate of drug-likeness (QED) is 0.386. The van der Waals surface area contributed by atoms with Crippen molar-refractivity contribution in [2.45, 2.75) is 44.8 Å². The monoisotopic (exact) mass is 524 g/mol. The van der Waals surface area contributed by atoms with Crippen molar-refractivity contribution in [1.29, 1.82) is 5.26 Å². The molecule has 1 amide bonds. The maximum absolute atomic E-state index is 14.7. The molecule has 1 N–H and O–H groups in total. The Morgan fingerprint density at radius 2 is 1.62 bits per heavy atom. The van der Waals surface area contributed by atoms with E-state index in [0.29, 0.717) is 5.47 Å². The summed E-state index contributed by atoms with van der Waals surface area (Å²) in [6.45, 7) is 7.89. The van der Waals surface area contributed by atoms with Crippen LogP contribution in [0.25, 0.3) is 17.2 Å². The summed E-state index contributed by atoms with van der Waals surface area (Å²) < 4.78 is 32.8. The first kappa shape index (κ1) is 26.7. The number of nitriles is 1. The molecule has 3 aromatic carbocycles. The second kappa shape index (κ2) is 10.3. The lowest BCUT2D eigenvalue weighted by Gasteiger charge is -2.32. The molecule has 5 rings (SSSR count). The summed E-state index contributed by atoms with van der Waals surface area (Å²) in [7, 11) is -0.807. The van der Waals surface area contributed by atoms with Crippen LogP contribution >= 0.6 is 0 Å². The molecule has 8 heteroatoms. The average Bonchev–Trinajstić information content (AvgIpc) is 3.35. The van der Waals surface area contributed by atoms with Crippen molar-refractivity contribution in [2.24, 2.45) is 0 Å². The molecule has 2 aliphatic rings. The Morgan fingerprint density at radius 3 is 2.18 bits per heavy atom. The number of carbonyl (C=O) groups is 1. The molecule has 39 heavy (non-hydrogen) atoms. The van der Waals surface area contributed by atoms with Gasteiger partial charge in [-0.05, 0) is 67.6 Å². The molecule has 1 fully saturated rings. The van der Waals surface area contributed by atoms with Gasteiger partial charge < -0.3 is 19.4 Å². The molecule has 198 valence electrons. The number of hydrogen-bond acceptors (Lipinski definition) is 5. The third-order valence-corrected chi connectivity index (χ3v) is 7.81. The fourth-order valence-corrected chi connectivity index (χ4v) is 4.93. The smallest absolute Gasteiger partial charge is 0.449 e. The van der Waals surface area contributed by atoms with Gasteiger partial charge in [0.2, 0.25) is 0 Å². The summed E-state index contributed by atoms with van der Waals surface area (Å²) >= 11 is 0. The first-order valence-electron chi connectivity index (χ1n) is 12.9. The van der Waals surface area contributed by atoms with Crippen LogP contribution in [0.2, 0.25) is 0 Å². The van der Waals surface area contributed by atoms with E-state index in [1.165, 1.54) is 18.2 Å². The molecule has 0 radical (unpaired) electrons. The number of benzene rings is 3. The summed E-state index contributed by atoms with van der Waals surface area (Å²) in [6, 6.07) is 22.4. The van der Waals surface area contributed by atoms with Crippen molar-refractivity contribution in [3.05, 3.63) is 100 Å². The Balaban J connectivity index is 1.32. The predicted molar refractivity (Wildman–Crippen MR) is 148 cm³/mol. The van der Waals surface area contributed by atoms with Crippen LogP contribution in [-0.4, -0.2) is 37.6 Å². The molecule has 0 atom stereocenters. The van der Waals surface area contributed by atoms with E-state index in [1.54, 1.807) is 6.08 Å². The van der Waals surface area contributed by atoms with Crippen molar-refractivity contribution in [2.75, 3.05) is 13.2 Å². The van der Waals surface area contributed by atoms with E-state index in [0.717, 1.165) is 22.3 Å². The number of carbonyl (C=O) groups excluding carboxylic acids is 1. The van der Waals surface area contributed by atoms with Gasteiger partial charge in [0.1, 0.15) is 12.4 Å². The summed E-state index contributed by atoms with van der Waals surface area (Å²) in [5.41, 5.74) is 4.31. The van der Waals surface area contributed by atoms with Crippen LogP contribution in [0.15, 0.2) is 72.2 Å². The highest BCUT2D eigenvalue weighted by Crippen LogP contribution is 2.44. The van der Waals surface area contributed by atoms with Crippen LogP contribution in [-0.2, 0) is 14.0 Å². The van der Waals surface area contributed by atoms with Gasteiger partial charge in [-0.3, -0.25) is 0 Å². The Kier molecular flexibility index (Phi) is 7.06. The van der Waals surface area contributed by atoms with Gasteiger partial charge in [0.15, 0.2) is 0 Å². The van der Waals surface area contributed by atoms with Crippen molar-refractivity contribution in [3.63, 3.8) is 0 Å². The average molecular weight is 524 g/mol. The van der Waals surface area contributed by atoms with E-state index in [-0.39, 0.29) is 30.2 Å². The predicted octanol–water partition coefficient (Wildman–Crippen LogP) is 6.25. The van der Waals surface area contributed by atoms with Crippen molar-refractivity contribution >= 4 is 19.3 Å². The minimum Gasteiger partial charge on any atom is -0.449 e. The summed E-state index contributed by atoms with van der Waals surface area (Å²) in [4.78, 5) is 12.8. The largest absolute Gasteiger partial charge is 0.492 e. The van der Waals surface area contributed by atoms with E-state index in [2.05, 4.69) is 29.6 Å². The first-order chi connectivity index (χ1) is 18.6. The lowest BCUT2D eigenvalue weighted by Crippen LogP contribution is -2.41. The van der Waals surface area contributed by atoms with E-state index in [9.17, 15) is 9.18 Å². The summed E-state index contributed by atoms with van der Waals surface area (Å²) in [5.74, 6) is -0.613. The molecule has 1 heterocycles. The zero-order valence-electron chi connectivity index (χ0n) is 22.5. The minimum atomic E-state index is -0.807. The van der Waals surface area contributed by atoms with Crippen molar-refractivity contribution in [1.82, 2.24) is 5.32 Å². The number of rotatable bonds is 6. The molecular formula is C31H30BFN2O4. The van der Waals surface area contributed by atoms with E-state index < -0.39 is 30.2 Å². The molecule has 0 unspecified atom stereocenters. The van der Waals surface area contributed by atoms with Gasteiger partial charge in [-0.15, -0.1) is 0 Å². The highest BCUT2D eigenvalue weighted by molar-refractivity contribution is 6.56. The normalized spacial score (nSPS) is 17.3. The number of ether oxygens (including phenoxy) is 1. The Labute approximate surface area is 228 Å². The molecule has 0 spiro atoms. The highest BCUT2D eigenvalue weighted by Gasteiger charge is 2.52. The second-order valence-corrected chi connectivity index (χ2v) is 10.8. The number of amides is 1. The van der Waals surface area contributed by atoms with Crippen LogP contribution in [0.1, 0.15) is 55.9 Å². The fraction of sp³-hybridized carbons (Fsp3) is 0.290. The van der Waals surface area contributed by atoms with Crippen LogP contribution in [0.4, 0.5) is 9.18 Å². The molecule has 0 saturated carbocycles. The molecular weight excluding hydrogens is 494 g/mol. The van der Waals surface area contributed by atoms with Crippen molar-refractivity contribution in [3.8, 4) is 17.2 Å². The van der Waals surface area contributed by atoms with Gasteiger partial charge in [0.25, 0.3) is 0 Å². The molecule has 1 aliphatic heterocycles. The molecule has 0 bridgehead atoms. The molecule has 6 nitrogen and oxygen atoms in total. The number of nitrogens with one attached hydrogen (secondary N) is 1. The van der Waals surface area contributed by atoms with Crippen LogP contribution in [0, 0.1) is 17.1 Å². The second-order valence-electron chi connectivity index (χ2n) is 10.8. The SMILES string of the molecule is CC1(C)OB(C(=Cc2ccc(C#N)cc2F)CNC(=O)OCC2c3ccccc3-c3ccccc32)OC1(C)C. The maximum atomic E-state index is 14.7. The Bertz CT molecular complexity index is 1430.